The van der Waals surface area contributed by atoms with Gasteiger partial charge in [-0.05, 0) is 48.9 Å². The van der Waals surface area contributed by atoms with Crippen LogP contribution in [0.2, 0.25) is 0 Å². The molecule has 2 aliphatic rings. The monoisotopic (exact) mass is 408 g/mol. The highest BCUT2D eigenvalue weighted by Crippen LogP contribution is 2.41. The highest BCUT2D eigenvalue weighted by molar-refractivity contribution is 8.04. The molecule has 4 rings (SSSR count). The molecule has 0 aliphatic carbocycles. The van der Waals surface area contributed by atoms with E-state index in [1.54, 1.807) is 7.11 Å². The van der Waals surface area contributed by atoms with Gasteiger partial charge in [-0.1, -0.05) is 25.1 Å². The number of carbonyl (C=O) groups is 2. The fourth-order valence-corrected chi connectivity index (χ4v) is 4.74. The van der Waals surface area contributed by atoms with Gasteiger partial charge in [0.15, 0.2) is 0 Å². The number of benzene rings is 2. The van der Waals surface area contributed by atoms with Gasteiger partial charge in [0.25, 0.3) is 11.8 Å². The summed E-state index contributed by atoms with van der Waals surface area (Å²) in [5.41, 5.74) is 2.80. The number of anilines is 2. The molecule has 29 heavy (non-hydrogen) atoms. The number of amides is 2. The Labute approximate surface area is 175 Å². The van der Waals surface area contributed by atoms with Gasteiger partial charge >= 0.3 is 0 Å². The number of hydrogen-bond donors (Lipinski definition) is 0. The first-order valence-corrected chi connectivity index (χ1v) is 10.9. The smallest absolute Gasteiger partial charge is 0.272 e. The zero-order chi connectivity index (χ0) is 20.4. The van der Waals surface area contributed by atoms with Crippen LogP contribution in [-0.2, 0) is 9.59 Å². The predicted molar refractivity (Wildman–Crippen MR) is 118 cm³/mol. The molecule has 0 saturated carbocycles. The van der Waals surface area contributed by atoms with Crippen molar-refractivity contribution in [3.8, 4) is 5.75 Å². The number of imide groups is 1. The van der Waals surface area contributed by atoms with Crippen molar-refractivity contribution in [2.75, 3.05) is 35.8 Å². The van der Waals surface area contributed by atoms with E-state index in [0.29, 0.717) is 33.2 Å². The third-order valence-corrected chi connectivity index (χ3v) is 6.24. The number of rotatable bonds is 6. The molecule has 0 bridgehead atoms. The van der Waals surface area contributed by atoms with Crippen molar-refractivity contribution < 1.29 is 14.3 Å². The molecular weight excluding hydrogens is 384 g/mol. The molecule has 0 atom stereocenters. The third kappa shape index (κ3) is 3.53. The van der Waals surface area contributed by atoms with Crippen molar-refractivity contribution in [1.29, 1.82) is 0 Å². The molecule has 1 fully saturated rings. The van der Waals surface area contributed by atoms with Crippen LogP contribution in [0.4, 0.5) is 11.4 Å². The van der Waals surface area contributed by atoms with Gasteiger partial charge in [0.1, 0.15) is 5.75 Å². The van der Waals surface area contributed by atoms with E-state index in [2.05, 4.69) is 4.90 Å². The van der Waals surface area contributed by atoms with Crippen LogP contribution >= 0.6 is 11.8 Å². The second-order valence-corrected chi connectivity index (χ2v) is 8.27. The van der Waals surface area contributed by atoms with E-state index in [0.717, 1.165) is 18.8 Å². The van der Waals surface area contributed by atoms with E-state index in [9.17, 15) is 9.59 Å². The van der Waals surface area contributed by atoms with Crippen LogP contribution in [-0.4, -0.2) is 37.8 Å². The fraction of sp³-hybridized carbons (Fsp3) is 0.304. The maximum absolute atomic E-state index is 13.4. The Bertz CT molecular complexity index is 962. The Morgan fingerprint density at radius 2 is 1.59 bits per heavy atom. The van der Waals surface area contributed by atoms with E-state index in [1.165, 1.54) is 29.5 Å². The van der Waals surface area contributed by atoms with Crippen LogP contribution in [0, 0.1) is 0 Å². The molecule has 2 aliphatic heterocycles. The highest BCUT2D eigenvalue weighted by atomic mass is 32.2. The first-order chi connectivity index (χ1) is 14.2. The van der Waals surface area contributed by atoms with Crippen molar-refractivity contribution in [3.63, 3.8) is 0 Å². The number of methoxy groups -OCH3 is 1. The fourth-order valence-electron chi connectivity index (χ4n) is 3.90. The summed E-state index contributed by atoms with van der Waals surface area (Å²) in [7, 11) is 1.57. The Kier molecular flexibility index (Phi) is 5.62. The van der Waals surface area contributed by atoms with Gasteiger partial charge < -0.3 is 9.64 Å². The standard InChI is InChI=1S/C23H24N2O3S/c1-3-29-21-20(18-8-4-5-9-19(18)28-2)22(26)25(23(21)27)17-12-10-16(11-13-17)24-14-6-7-15-24/h4-5,8-13H,3,6-7,14-15H2,1-2H3. The Balaban J connectivity index is 1.70. The van der Waals surface area contributed by atoms with Crippen LogP contribution in [0.25, 0.3) is 5.57 Å². The average molecular weight is 409 g/mol. The summed E-state index contributed by atoms with van der Waals surface area (Å²) in [6.45, 7) is 4.08. The zero-order valence-corrected chi connectivity index (χ0v) is 17.5. The highest BCUT2D eigenvalue weighted by Gasteiger charge is 2.40. The number of nitrogens with zero attached hydrogens (tertiary/aromatic N) is 2. The normalized spacial score (nSPS) is 16.9. The minimum atomic E-state index is -0.302. The van der Waals surface area contributed by atoms with E-state index >= 15 is 0 Å². The Morgan fingerprint density at radius 1 is 0.931 bits per heavy atom. The number of carbonyl (C=O) groups excluding carboxylic acids is 2. The van der Waals surface area contributed by atoms with E-state index in [-0.39, 0.29) is 11.8 Å². The molecule has 2 aromatic rings. The topological polar surface area (TPSA) is 49.9 Å². The summed E-state index contributed by atoms with van der Waals surface area (Å²) in [5, 5.41) is 0. The maximum atomic E-state index is 13.4. The third-order valence-electron chi connectivity index (χ3n) is 5.29. The van der Waals surface area contributed by atoms with Crippen molar-refractivity contribution in [3.05, 3.63) is 59.0 Å². The minimum Gasteiger partial charge on any atom is -0.496 e. The number of thioether (sulfide) groups is 1. The first kappa shape index (κ1) is 19.6. The second kappa shape index (κ2) is 8.33. The second-order valence-electron chi connectivity index (χ2n) is 6.99. The minimum absolute atomic E-state index is 0.267. The summed E-state index contributed by atoms with van der Waals surface area (Å²) in [5.74, 6) is 0.722. The van der Waals surface area contributed by atoms with Gasteiger partial charge in [-0.15, -0.1) is 11.8 Å². The lowest BCUT2D eigenvalue weighted by Gasteiger charge is -2.20. The van der Waals surface area contributed by atoms with Crippen molar-refractivity contribution in [1.82, 2.24) is 0 Å². The molecule has 0 N–H and O–H groups in total. The lowest BCUT2D eigenvalue weighted by molar-refractivity contribution is -0.119. The van der Waals surface area contributed by atoms with Crippen molar-refractivity contribution in [2.45, 2.75) is 19.8 Å². The Hall–Kier alpha value is -2.73. The molecule has 1 saturated heterocycles. The lowest BCUT2D eigenvalue weighted by Crippen LogP contribution is -2.31. The van der Waals surface area contributed by atoms with Crippen LogP contribution in [0.1, 0.15) is 25.3 Å². The molecule has 2 aromatic carbocycles. The van der Waals surface area contributed by atoms with Gasteiger partial charge in [0, 0.05) is 24.3 Å². The molecule has 2 amide bonds. The van der Waals surface area contributed by atoms with Gasteiger partial charge in [0.2, 0.25) is 0 Å². The van der Waals surface area contributed by atoms with Crippen LogP contribution < -0.4 is 14.5 Å². The van der Waals surface area contributed by atoms with Crippen LogP contribution in [0.3, 0.4) is 0 Å². The summed E-state index contributed by atoms with van der Waals surface area (Å²) in [6.07, 6.45) is 2.41. The molecule has 2 heterocycles. The van der Waals surface area contributed by atoms with Crippen molar-refractivity contribution >= 4 is 40.5 Å². The number of ether oxygens (including phenoxy) is 1. The molecule has 5 nitrogen and oxygen atoms in total. The van der Waals surface area contributed by atoms with E-state index in [4.69, 9.17) is 4.74 Å². The summed E-state index contributed by atoms with van der Waals surface area (Å²) in [4.78, 5) is 30.7. The lowest BCUT2D eigenvalue weighted by atomic mass is 10.0. The van der Waals surface area contributed by atoms with Gasteiger partial charge in [-0.25, -0.2) is 4.90 Å². The predicted octanol–water partition coefficient (Wildman–Crippen LogP) is 4.33. The van der Waals surface area contributed by atoms with Gasteiger partial charge in [-0.2, -0.15) is 0 Å². The first-order valence-electron chi connectivity index (χ1n) is 9.90. The zero-order valence-electron chi connectivity index (χ0n) is 16.7. The summed E-state index contributed by atoms with van der Waals surface area (Å²) >= 11 is 1.40. The molecular formula is C23H24N2O3S. The van der Waals surface area contributed by atoms with Crippen LogP contribution in [0.15, 0.2) is 53.4 Å². The quantitative estimate of drug-likeness (QED) is 0.666. The molecule has 0 aromatic heterocycles. The van der Waals surface area contributed by atoms with Gasteiger partial charge in [0.05, 0.1) is 23.3 Å². The SMILES string of the molecule is CCSC1=C(c2ccccc2OC)C(=O)N(c2ccc(N3CCCC3)cc2)C1=O. The number of hydrogen-bond acceptors (Lipinski definition) is 5. The number of para-hydroxylation sites is 1. The maximum Gasteiger partial charge on any atom is 0.272 e. The van der Waals surface area contributed by atoms with E-state index < -0.39 is 0 Å². The molecule has 0 spiro atoms. The molecule has 0 radical (unpaired) electrons. The summed E-state index contributed by atoms with van der Waals surface area (Å²) in [6, 6.07) is 15.1. The molecule has 6 heteroatoms. The summed E-state index contributed by atoms with van der Waals surface area (Å²) < 4.78 is 5.45. The van der Waals surface area contributed by atoms with Gasteiger partial charge in [-0.3, -0.25) is 9.59 Å². The van der Waals surface area contributed by atoms with Crippen LogP contribution in [0.5, 0.6) is 5.75 Å². The average Bonchev–Trinajstić information content (AvgIpc) is 3.36. The largest absolute Gasteiger partial charge is 0.496 e. The van der Waals surface area contributed by atoms with E-state index in [1.807, 2.05) is 55.5 Å². The van der Waals surface area contributed by atoms with Crippen molar-refractivity contribution in [2.24, 2.45) is 0 Å². The molecule has 0 unspecified atom stereocenters. The molecule has 150 valence electrons. The Morgan fingerprint density at radius 3 is 2.24 bits per heavy atom.